The fourth-order valence-electron chi connectivity index (χ4n) is 5.02. The standard InChI is InChI=1S/C35H28N6O10S3/c1-22-3-16-31(17-4-22)54(49,50)51-29-14-10-27(11-15-29)36-38-32-20-7-25(21-33(32)53(46,47)48)24-5-8-26(9-6-24)37-39-34-23(2)40-41(35(34)42)28-12-18-30(19-13-28)52(43,44)45/h3-21,34H,1-2H3,(H,43,44,45)(H,46,47,48)/t34-/m0/s1. The molecule has 0 unspecified atom stereocenters. The van der Waals surface area contributed by atoms with Crippen LogP contribution in [0.2, 0.25) is 0 Å². The quantitative estimate of drug-likeness (QED) is 0.0775. The molecule has 0 radical (unpaired) electrons. The van der Waals surface area contributed by atoms with Crippen LogP contribution < -0.4 is 9.19 Å². The lowest BCUT2D eigenvalue weighted by molar-refractivity contribution is -0.117. The van der Waals surface area contributed by atoms with Gasteiger partial charge in [-0.05, 0) is 110 Å². The number of carbonyl (C=O) groups is 1. The molecule has 0 saturated carbocycles. The molecule has 54 heavy (non-hydrogen) atoms. The average Bonchev–Trinajstić information content (AvgIpc) is 3.42. The van der Waals surface area contributed by atoms with E-state index in [1.807, 2.05) is 6.92 Å². The Morgan fingerprint density at radius 1 is 0.648 bits per heavy atom. The van der Waals surface area contributed by atoms with Gasteiger partial charge in [-0.3, -0.25) is 13.9 Å². The maximum atomic E-state index is 13.0. The maximum absolute atomic E-state index is 13.0. The van der Waals surface area contributed by atoms with Crippen molar-refractivity contribution in [2.75, 3.05) is 5.01 Å². The lowest BCUT2D eigenvalue weighted by Gasteiger charge is -2.12. The Morgan fingerprint density at radius 2 is 1.22 bits per heavy atom. The molecule has 2 N–H and O–H groups in total. The number of anilines is 1. The largest absolute Gasteiger partial charge is 0.379 e. The van der Waals surface area contributed by atoms with Gasteiger partial charge in [0.15, 0.2) is 6.04 Å². The summed E-state index contributed by atoms with van der Waals surface area (Å²) in [4.78, 5) is 12.2. The number of azo groups is 2. The molecular formula is C35H28N6O10S3. The number of benzene rings is 5. The summed E-state index contributed by atoms with van der Waals surface area (Å²) in [6.45, 7) is 3.41. The third-order valence-electron chi connectivity index (χ3n) is 7.83. The van der Waals surface area contributed by atoms with E-state index in [4.69, 9.17) is 4.18 Å². The van der Waals surface area contributed by atoms with Gasteiger partial charge in [-0.2, -0.15) is 50.7 Å². The SMILES string of the molecule is CC1=NN(c2ccc(S(=O)(=O)O)cc2)C(=O)[C@H]1N=Nc1ccc(-c2ccc(N=Nc3ccc(OS(=O)(=O)c4ccc(C)cc4)cc3)c(S(=O)(=O)O)c2)cc1. The van der Waals surface area contributed by atoms with Gasteiger partial charge in [0.25, 0.3) is 26.1 Å². The van der Waals surface area contributed by atoms with Gasteiger partial charge >= 0.3 is 10.1 Å². The minimum absolute atomic E-state index is 0.0102. The van der Waals surface area contributed by atoms with E-state index in [1.54, 1.807) is 49.4 Å². The highest BCUT2D eigenvalue weighted by Crippen LogP contribution is 2.33. The molecule has 0 aromatic heterocycles. The number of amides is 1. The van der Waals surface area contributed by atoms with E-state index in [0.29, 0.717) is 22.5 Å². The molecule has 5 aromatic rings. The van der Waals surface area contributed by atoms with Crippen LogP contribution in [0.25, 0.3) is 11.1 Å². The van der Waals surface area contributed by atoms with Crippen molar-refractivity contribution < 1.29 is 43.3 Å². The Balaban J connectivity index is 1.13. The van der Waals surface area contributed by atoms with Crippen LogP contribution in [0.4, 0.5) is 22.7 Å². The van der Waals surface area contributed by atoms with Crippen molar-refractivity contribution >= 4 is 64.7 Å². The van der Waals surface area contributed by atoms with Crippen LogP contribution in [-0.4, -0.2) is 52.0 Å². The zero-order valence-corrected chi connectivity index (χ0v) is 30.6. The fourth-order valence-corrected chi connectivity index (χ4v) is 7.08. The smallest absolute Gasteiger partial charge is 0.339 e. The second-order valence-corrected chi connectivity index (χ2v) is 16.1. The first-order valence-electron chi connectivity index (χ1n) is 15.6. The van der Waals surface area contributed by atoms with Crippen molar-refractivity contribution in [3.63, 3.8) is 0 Å². The van der Waals surface area contributed by atoms with Gasteiger partial charge in [0.1, 0.15) is 21.2 Å². The molecule has 1 aliphatic heterocycles. The Hall–Kier alpha value is -5.99. The molecule has 6 rings (SSSR count). The lowest BCUT2D eigenvalue weighted by Crippen LogP contribution is -2.29. The third kappa shape index (κ3) is 8.62. The molecular weight excluding hydrogens is 761 g/mol. The first-order valence-corrected chi connectivity index (χ1v) is 19.9. The van der Waals surface area contributed by atoms with Gasteiger partial charge in [0.05, 0.1) is 27.7 Å². The van der Waals surface area contributed by atoms with Crippen LogP contribution in [0.5, 0.6) is 5.75 Å². The maximum Gasteiger partial charge on any atom is 0.339 e. The Labute approximate surface area is 309 Å². The number of hydrazone groups is 1. The van der Waals surface area contributed by atoms with E-state index in [1.165, 1.54) is 60.7 Å². The van der Waals surface area contributed by atoms with Crippen LogP contribution in [-0.2, 0) is 35.1 Å². The predicted octanol–water partition coefficient (Wildman–Crippen LogP) is 7.21. The number of carbonyl (C=O) groups excluding carboxylic acids is 1. The summed E-state index contributed by atoms with van der Waals surface area (Å²) in [5.74, 6) is -0.505. The van der Waals surface area contributed by atoms with Gasteiger partial charge in [-0.15, -0.1) is 5.11 Å². The van der Waals surface area contributed by atoms with E-state index < -0.39 is 47.2 Å². The van der Waals surface area contributed by atoms with Crippen molar-refractivity contribution in [3.05, 3.63) is 121 Å². The van der Waals surface area contributed by atoms with E-state index in [2.05, 4.69) is 25.6 Å². The van der Waals surface area contributed by atoms with Crippen molar-refractivity contribution in [1.82, 2.24) is 0 Å². The molecule has 1 heterocycles. The second kappa shape index (κ2) is 14.8. The Bertz CT molecular complexity index is 2670. The summed E-state index contributed by atoms with van der Waals surface area (Å²) >= 11 is 0. The summed E-state index contributed by atoms with van der Waals surface area (Å²) < 4.78 is 96.8. The first-order chi connectivity index (χ1) is 25.5. The summed E-state index contributed by atoms with van der Waals surface area (Å²) in [5, 5.41) is 21.5. The van der Waals surface area contributed by atoms with Crippen molar-refractivity contribution in [3.8, 4) is 16.9 Å². The number of hydrogen-bond acceptors (Lipinski definition) is 13. The summed E-state index contributed by atoms with van der Waals surface area (Å²) in [5.41, 5.74) is 2.89. The fraction of sp³-hybridized carbons (Fsp3) is 0.0857. The minimum atomic E-state index is -4.75. The number of hydrogen-bond donors (Lipinski definition) is 2. The first kappa shape index (κ1) is 37.8. The van der Waals surface area contributed by atoms with Gasteiger partial charge in [-0.25, -0.2) is 0 Å². The van der Waals surface area contributed by atoms with Gasteiger partial charge in [0, 0.05) is 0 Å². The second-order valence-electron chi connectivity index (χ2n) is 11.7. The molecule has 0 fully saturated rings. The molecule has 1 amide bonds. The molecule has 0 spiro atoms. The van der Waals surface area contributed by atoms with Crippen LogP contribution in [0.3, 0.4) is 0 Å². The topological polar surface area (TPSA) is 234 Å². The number of nitrogens with zero attached hydrogens (tertiary/aromatic N) is 6. The molecule has 0 saturated heterocycles. The predicted molar refractivity (Wildman–Crippen MR) is 196 cm³/mol. The summed E-state index contributed by atoms with van der Waals surface area (Å²) in [6, 6.07) is 26.2. The normalized spacial score (nSPS) is 15.3. The molecule has 0 aliphatic carbocycles. The number of aryl methyl sites for hydroxylation is 1. The highest BCUT2D eigenvalue weighted by molar-refractivity contribution is 7.87. The highest BCUT2D eigenvalue weighted by Gasteiger charge is 2.35. The summed E-state index contributed by atoms with van der Waals surface area (Å²) in [7, 11) is -13.2. The molecule has 0 bridgehead atoms. The average molecular weight is 789 g/mol. The van der Waals surface area contributed by atoms with E-state index in [0.717, 1.165) is 22.7 Å². The molecule has 1 aliphatic rings. The van der Waals surface area contributed by atoms with Gasteiger partial charge < -0.3 is 4.18 Å². The van der Waals surface area contributed by atoms with Crippen LogP contribution in [0.15, 0.2) is 156 Å². The molecule has 276 valence electrons. The van der Waals surface area contributed by atoms with Gasteiger partial charge in [-0.1, -0.05) is 35.9 Å². The Kier molecular flexibility index (Phi) is 10.3. The number of rotatable bonds is 11. The molecule has 1 atom stereocenters. The van der Waals surface area contributed by atoms with Crippen molar-refractivity contribution in [2.24, 2.45) is 25.6 Å². The monoisotopic (exact) mass is 788 g/mol. The minimum Gasteiger partial charge on any atom is -0.379 e. The zero-order chi connectivity index (χ0) is 38.8. The van der Waals surface area contributed by atoms with E-state index in [9.17, 15) is 39.2 Å². The third-order valence-corrected chi connectivity index (χ3v) is 10.8. The summed E-state index contributed by atoms with van der Waals surface area (Å²) in [6.07, 6.45) is 0. The van der Waals surface area contributed by atoms with Crippen LogP contribution in [0, 0.1) is 6.92 Å². The molecule has 5 aromatic carbocycles. The van der Waals surface area contributed by atoms with Gasteiger partial charge in [0.2, 0.25) is 0 Å². The molecule has 16 nitrogen and oxygen atoms in total. The zero-order valence-electron chi connectivity index (χ0n) is 28.1. The Morgan fingerprint density at radius 3 is 1.83 bits per heavy atom. The van der Waals surface area contributed by atoms with E-state index >= 15 is 0 Å². The molecule has 19 heteroatoms. The van der Waals surface area contributed by atoms with Crippen LogP contribution >= 0.6 is 0 Å². The highest BCUT2D eigenvalue weighted by atomic mass is 32.2. The van der Waals surface area contributed by atoms with E-state index in [-0.39, 0.29) is 32.6 Å². The van der Waals surface area contributed by atoms with Crippen molar-refractivity contribution in [2.45, 2.75) is 34.6 Å². The van der Waals surface area contributed by atoms with Crippen LogP contribution in [0.1, 0.15) is 12.5 Å². The van der Waals surface area contributed by atoms with Crippen molar-refractivity contribution in [1.29, 1.82) is 0 Å². The lowest BCUT2D eigenvalue weighted by atomic mass is 10.1.